The molecule has 1 aliphatic heterocycles. The van der Waals surface area contributed by atoms with Gasteiger partial charge in [-0.3, -0.25) is 14.4 Å². The molecule has 1 unspecified atom stereocenters. The van der Waals surface area contributed by atoms with Crippen LogP contribution in [0.25, 0.3) is 11.1 Å². The van der Waals surface area contributed by atoms with E-state index in [1.807, 2.05) is 30.3 Å². The average molecular weight is 350 g/mol. The number of carboxylic acids is 1. The summed E-state index contributed by atoms with van der Waals surface area (Å²) in [5.74, 6) is -2.13. The molecule has 6 heteroatoms. The third-order valence-corrected chi connectivity index (χ3v) is 5.00. The Morgan fingerprint density at radius 2 is 1.88 bits per heavy atom. The minimum atomic E-state index is -1.10. The predicted octanol–water partition coefficient (Wildman–Crippen LogP) is 1.81. The van der Waals surface area contributed by atoms with Crippen LogP contribution in [0.3, 0.4) is 0 Å². The van der Waals surface area contributed by atoms with E-state index in [4.69, 9.17) is 5.11 Å². The zero-order valence-electron chi connectivity index (χ0n) is 14.1. The van der Waals surface area contributed by atoms with Gasteiger partial charge in [0.25, 0.3) is 0 Å². The van der Waals surface area contributed by atoms with Crippen LogP contribution >= 0.6 is 0 Å². The van der Waals surface area contributed by atoms with E-state index in [9.17, 15) is 14.4 Å². The van der Waals surface area contributed by atoms with Crippen molar-refractivity contribution in [2.45, 2.75) is 12.8 Å². The molecule has 0 spiro atoms. The van der Waals surface area contributed by atoms with E-state index < -0.39 is 24.3 Å². The Hall–Kier alpha value is -3.15. The molecule has 1 atom stereocenters. The molecular formula is C20H18N2O4. The van der Waals surface area contributed by atoms with E-state index >= 15 is 0 Å². The van der Waals surface area contributed by atoms with Crippen LogP contribution in [0.4, 0.5) is 5.69 Å². The molecule has 0 radical (unpaired) electrons. The lowest BCUT2D eigenvalue weighted by Gasteiger charge is -2.18. The molecule has 6 nitrogen and oxygen atoms in total. The lowest BCUT2D eigenvalue weighted by atomic mass is 10.1. The number of carbonyl (C=O) groups is 3. The van der Waals surface area contributed by atoms with Crippen LogP contribution in [0.5, 0.6) is 0 Å². The number of anilines is 1. The van der Waals surface area contributed by atoms with Gasteiger partial charge >= 0.3 is 5.97 Å². The third kappa shape index (κ3) is 2.83. The topological polar surface area (TPSA) is 86.7 Å². The lowest BCUT2D eigenvalue weighted by Crippen LogP contribution is -2.36. The van der Waals surface area contributed by atoms with Crippen molar-refractivity contribution in [3.8, 4) is 11.1 Å². The molecule has 4 rings (SSSR count). The van der Waals surface area contributed by atoms with Crippen molar-refractivity contribution in [2.75, 3.05) is 18.0 Å². The summed E-state index contributed by atoms with van der Waals surface area (Å²) < 4.78 is 0. The van der Waals surface area contributed by atoms with Crippen LogP contribution in [0.15, 0.2) is 42.5 Å². The maximum atomic E-state index is 12.4. The Bertz CT molecular complexity index is 922. The normalized spacial score (nSPS) is 17.8. The molecule has 2 aliphatic rings. The van der Waals surface area contributed by atoms with E-state index in [1.54, 1.807) is 4.90 Å². The molecule has 2 aromatic rings. The second-order valence-corrected chi connectivity index (χ2v) is 6.69. The summed E-state index contributed by atoms with van der Waals surface area (Å²) in [4.78, 5) is 36.6. The number of fused-ring (bicyclic) bond motifs is 3. The minimum absolute atomic E-state index is 0.1000. The highest BCUT2D eigenvalue weighted by molar-refractivity contribution is 6.01. The van der Waals surface area contributed by atoms with E-state index in [-0.39, 0.29) is 18.9 Å². The zero-order chi connectivity index (χ0) is 18.3. The number of aliphatic carboxylic acids is 1. The van der Waals surface area contributed by atoms with E-state index in [2.05, 4.69) is 17.4 Å². The standard InChI is InChI=1S/C20H18N2O4/c23-18-9-14(20(26)21-10-19(24)25)11-22(18)15-5-6-17-13(8-15)7-12-3-1-2-4-16(12)17/h1-6,8,14H,7,9-11H2,(H,21,26)(H,24,25). The fourth-order valence-electron chi connectivity index (χ4n) is 3.74. The van der Waals surface area contributed by atoms with Crippen molar-refractivity contribution in [2.24, 2.45) is 5.92 Å². The van der Waals surface area contributed by atoms with Gasteiger partial charge in [-0.25, -0.2) is 0 Å². The van der Waals surface area contributed by atoms with Crippen LogP contribution in [0.1, 0.15) is 17.5 Å². The lowest BCUT2D eigenvalue weighted by molar-refractivity contribution is -0.138. The van der Waals surface area contributed by atoms with Gasteiger partial charge < -0.3 is 15.3 Å². The summed E-state index contributed by atoms with van der Waals surface area (Å²) in [6, 6.07) is 14.2. The molecule has 2 N–H and O–H groups in total. The Morgan fingerprint density at radius 3 is 2.69 bits per heavy atom. The van der Waals surface area contributed by atoms with Gasteiger partial charge in [0.05, 0.1) is 5.92 Å². The smallest absolute Gasteiger partial charge is 0.322 e. The summed E-state index contributed by atoms with van der Waals surface area (Å²) >= 11 is 0. The maximum Gasteiger partial charge on any atom is 0.322 e. The van der Waals surface area contributed by atoms with Gasteiger partial charge in [0.2, 0.25) is 11.8 Å². The molecular weight excluding hydrogens is 332 g/mol. The highest BCUT2D eigenvalue weighted by Crippen LogP contribution is 2.39. The quantitative estimate of drug-likeness (QED) is 0.751. The van der Waals surface area contributed by atoms with Crippen LogP contribution < -0.4 is 10.2 Å². The molecule has 2 amide bonds. The molecule has 1 aliphatic carbocycles. The molecule has 132 valence electrons. The number of hydrogen-bond acceptors (Lipinski definition) is 3. The molecule has 1 fully saturated rings. The second-order valence-electron chi connectivity index (χ2n) is 6.69. The fourth-order valence-corrected chi connectivity index (χ4v) is 3.74. The summed E-state index contributed by atoms with van der Waals surface area (Å²) in [5.41, 5.74) is 5.66. The van der Waals surface area contributed by atoms with Crippen LogP contribution in [-0.2, 0) is 20.8 Å². The van der Waals surface area contributed by atoms with E-state index in [1.165, 1.54) is 22.3 Å². The SMILES string of the molecule is O=C(O)CNC(=O)C1CC(=O)N(c2ccc3c(c2)Cc2ccccc2-3)C1. The van der Waals surface area contributed by atoms with Gasteiger partial charge in [-0.2, -0.15) is 0 Å². The predicted molar refractivity (Wildman–Crippen MR) is 95.8 cm³/mol. The van der Waals surface area contributed by atoms with Gasteiger partial charge in [0.1, 0.15) is 6.54 Å². The van der Waals surface area contributed by atoms with Crippen molar-refractivity contribution < 1.29 is 19.5 Å². The fraction of sp³-hybridized carbons (Fsp3) is 0.250. The molecule has 1 heterocycles. The molecule has 0 saturated carbocycles. The molecule has 2 aromatic carbocycles. The summed E-state index contributed by atoms with van der Waals surface area (Å²) in [5, 5.41) is 11.0. The Kier molecular flexibility index (Phi) is 3.95. The van der Waals surface area contributed by atoms with Gasteiger partial charge in [-0.1, -0.05) is 30.3 Å². The second kappa shape index (κ2) is 6.29. The first-order valence-corrected chi connectivity index (χ1v) is 8.54. The first-order valence-electron chi connectivity index (χ1n) is 8.54. The van der Waals surface area contributed by atoms with Crippen LogP contribution in [0, 0.1) is 5.92 Å². The van der Waals surface area contributed by atoms with Crippen LogP contribution in [0.2, 0.25) is 0 Å². The Balaban J connectivity index is 1.52. The number of benzene rings is 2. The number of rotatable bonds is 4. The summed E-state index contributed by atoms with van der Waals surface area (Å²) in [7, 11) is 0. The first kappa shape index (κ1) is 16.3. The van der Waals surface area contributed by atoms with Crippen molar-refractivity contribution in [3.63, 3.8) is 0 Å². The largest absolute Gasteiger partial charge is 0.480 e. The minimum Gasteiger partial charge on any atom is -0.480 e. The number of nitrogens with one attached hydrogen (secondary N) is 1. The van der Waals surface area contributed by atoms with Crippen molar-refractivity contribution in [1.29, 1.82) is 0 Å². The zero-order valence-corrected chi connectivity index (χ0v) is 14.1. The Morgan fingerprint density at radius 1 is 1.12 bits per heavy atom. The van der Waals surface area contributed by atoms with E-state index in [0.717, 1.165) is 12.1 Å². The third-order valence-electron chi connectivity index (χ3n) is 5.00. The number of nitrogens with zero attached hydrogens (tertiary/aromatic N) is 1. The van der Waals surface area contributed by atoms with E-state index in [0.29, 0.717) is 0 Å². The summed E-state index contributed by atoms with van der Waals surface area (Å²) in [6.07, 6.45) is 0.937. The molecule has 1 saturated heterocycles. The van der Waals surface area contributed by atoms with Gasteiger partial charge in [-0.15, -0.1) is 0 Å². The first-order chi connectivity index (χ1) is 12.5. The van der Waals surface area contributed by atoms with Gasteiger partial charge in [0, 0.05) is 18.7 Å². The van der Waals surface area contributed by atoms with Gasteiger partial charge in [-0.05, 0) is 40.8 Å². The molecule has 0 bridgehead atoms. The number of hydrogen-bond donors (Lipinski definition) is 2. The highest BCUT2D eigenvalue weighted by atomic mass is 16.4. The van der Waals surface area contributed by atoms with Gasteiger partial charge in [0.15, 0.2) is 0 Å². The highest BCUT2D eigenvalue weighted by Gasteiger charge is 2.35. The van der Waals surface area contributed by atoms with Crippen molar-refractivity contribution in [3.05, 3.63) is 53.6 Å². The molecule has 26 heavy (non-hydrogen) atoms. The average Bonchev–Trinajstić information content (AvgIpc) is 3.19. The monoisotopic (exact) mass is 350 g/mol. The van der Waals surface area contributed by atoms with Crippen LogP contribution in [-0.4, -0.2) is 36.0 Å². The Labute approximate surface area is 150 Å². The van der Waals surface area contributed by atoms with Crippen molar-refractivity contribution in [1.82, 2.24) is 5.32 Å². The van der Waals surface area contributed by atoms with Crippen molar-refractivity contribution >= 4 is 23.5 Å². The number of amides is 2. The summed E-state index contributed by atoms with van der Waals surface area (Å²) in [6.45, 7) is -0.156. The molecule has 0 aromatic heterocycles. The maximum absolute atomic E-state index is 12.4. The number of carbonyl (C=O) groups excluding carboxylic acids is 2. The number of carboxylic acid groups (broad SMARTS) is 1.